The third kappa shape index (κ3) is 5.38. The van der Waals surface area contributed by atoms with Gasteiger partial charge in [0.1, 0.15) is 17.6 Å². The Hall–Kier alpha value is -2.24. The number of nitrogens with zero attached hydrogens (tertiary/aromatic N) is 1. The van der Waals surface area contributed by atoms with E-state index in [-0.39, 0.29) is 18.6 Å². The largest absolute Gasteiger partial charge is 0.490 e. The van der Waals surface area contributed by atoms with Crippen LogP contribution in [0.5, 0.6) is 11.5 Å². The number of amides is 1. The van der Waals surface area contributed by atoms with Gasteiger partial charge in [-0.2, -0.15) is 0 Å². The van der Waals surface area contributed by atoms with Gasteiger partial charge in [0, 0.05) is 18.8 Å². The molecule has 0 aromatic heterocycles. The molecule has 138 valence electrons. The molecular weight excluding hydrogens is 352 g/mol. The Morgan fingerprint density at radius 3 is 2.54 bits per heavy atom. The van der Waals surface area contributed by atoms with E-state index in [1.54, 1.807) is 12.1 Å². The van der Waals surface area contributed by atoms with Gasteiger partial charge in [0.25, 0.3) is 5.91 Å². The zero-order valence-corrected chi connectivity index (χ0v) is 15.5. The lowest BCUT2D eigenvalue weighted by Crippen LogP contribution is -2.35. The summed E-state index contributed by atoms with van der Waals surface area (Å²) in [6, 6.07) is 14.5. The third-order valence-corrected chi connectivity index (χ3v) is 4.61. The summed E-state index contributed by atoms with van der Waals surface area (Å²) in [5.74, 6) is 1.07. The lowest BCUT2D eigenvalue weighted by molar-refractivity contribution is -0.118. The van der Waals surface area contributed by atoms with Crippen molar-refractivity contribution in [1.29, 1.82) is 0 Å². The smallest absolute Gasteiger partial charge is 0.262 e. The Kier molecular flexibility index (Phi) is 6.36. The molecule has 0 saturated carbocycles. The minimum absolute atomic E-state index is 0.0996. The van der Waals surface area contributed by atoms with Crippen molar-refractivity contribution in [1.82, 2.24) is 4.90 Å². The number of benzene rings is 2. The van der Waals surface area contributed by atoms with Crippen LogP contribution in [-0.4, -0.2) is 43.7 Å². The first-order valence-corrected chi connectivity index (χ1v) is 9.10. The molecule has 0 atom stereocenters. The quantitative estimate of drug-likeness (QED) is 0.834. The molecule has 1 N–H and O–H groups in total. The maximum atomic E-state index is 12.0. The van der Waals surface area contributed by atoms with Crippen LogP contribution in [0.15, 0.2) is 48.5 Å². The monoisotopic (exact) mass is 374 g/mol. The van der Waals surface area contributed by atoms with Crippen LogP contribution >= 0.6 is 11.6 Å². The molecule has 1 aliphatic heterocycles. The molecule has 0 unspecified atom stereocenters. The molecule has 1 amide bonds. The highest BCUT2D eigenvalue weighted by Gasteiger charge is 2.17. The average molecular weight is 375 g/mol. The highest BCUT2D eigenvalue weighted by Crippen LogP contribution is 2.23. The number of carbonyl (C=O) groups is 1. The summed E-state index contributed by atoms with van der Waals surface area (Å²) >= 11 is 6.00. The van der Waals surface area contributed by atoms with Crippen molar-refractivity contribution in [3.8, 4) is 11.5 Å². The highest BCUT2D eigenvalue weighted by atomic mass is 35.5. The second-order valence-electron chi connectivity index (χ2n) is 6.41. The fourth-order valence-corrected chi connectivity index (χ4v) is 3.00. The van der Waals surface area contributed by atoms with Gasteiger partial charge in [0.05, 0.1) is 5.02 Å². The minimum atomic E-state index is -0.242. The summed E-state index contributed by atoms with van der Waals surface area (Å²) in [6.07, 6.45) is 2.33. The van der Waals surface area contributed by atoms with Crippen LogP contribution in [0, 0.1) is 0 Å². The fraction of sp³-hybridized carbons (Fsp3) is 0.350. The molecule has 1 aliphatic rings. The molecule has 2 aromatic rings. The molecule has 26 heavy (non-hydrogen) atoms. The lowest BCUT2D eigenvalue weighted by atomic mass is 10.1. The molecule has 2 aromatic carbocycles. The predicted octanol–water partition coefficient (Wildman–Crippen LogP) is 3.83. The number of hydrogen-bond donors (Lipinski definition) is 1. The zero-order chi connectivity index (χ0) is 18.4. The summed E-state index contributed by atoms with van der Waals surface area (Å²) in [5.41, 5.74) is 0.702. The number of nitrogens with one attached hydrogen (secondary N) is 1. The Morgan fingerprint density at radius 1 is 1.15 bits per heavy atom. The van der Waals surface area contributed by atoms with E-state index in [2.05, 4.69) is 17.3 Å². The van der Waals surface area contributed by atoms with Gasteiger partial charge in [-0.1, -0.05) is 23.7 Å². The number of anilines is 1. The first kappa shape index (κ1) is 18.5. The fourth-order valence-electron chi connectivity index (χ4n) is 2.81. The first-order valence-electron chi connectivity index (χ1n) is 8.72. The minimum Gasteiger partial charge on any atom is -0.490 e. The number of halogens is 1. The van der Waals surface area contributed by atoms with Crippen molar-refractivity contribution < 1.29 is 14.3 Å². The number of rotatable bonds is 6. The molecule has 3 rings (SSSR count). The van der Waals surface area contributed by atoms with Gasteiger partial charge >= 0.3 is 0 Å². The Morgan fingerprint density at radius 2 is 1.85 bits per heavy atom. The number of carbonyl (C=O) groups excluding carboxylic acids is 1. The number of piperidine rings is 1. The van der Waals surface area contributed by atoms with Gasteiger partial charge in [-0.25, -0.2) is 0 Å². The van der Waals surface area contributed by atoms with Crippen molar-refractivity contribution in [2.45, 2.75) is 18.9 Å². The van der Waals surface area contributed by atoms with Crippen LogP contribution in [-0.2, 0) is 4.79 Å². The molecule has 0 aliphatic carbocycles. The van der Waals surface area contributed by atoms with Crippen LogP contribution in [0.2, 0.25) is 5.02 Å². The third-order valence-electron chi connectivity index (χ3n) is 4.30. The van der Waals surface area contributed by atoms with E-state index in [0.29, 0.717) is 16.5 Å². The molecule has 1 saturated heterocycles. The van der Waals surface area contributed by atoms with E-state index >= 15 is 0 Å². The summed E-state index contributed by atoms with van der Waals surface area (Å²) < 4.78 is 11.4. The Balaban J connectivity index is 1.46. The summed E-state index contributed by atoms with van der Waals surface area (Å²) in [5, 5.41) is 3.28. The number of hydrogen-bond acceptors (Lipinski definition) is 4. The first-order chi connectivity index (χ1) is 12.6. The summed E-state index contributed by atoms with van der Waals surface area (Å²) in [4.78, 5) is 14.3. The number of ether oxygens (including phenoxy) is 2. The molecule has 0 radical (unpaired) electrons. The highest BCUT2D eigenvalue weighted by molar-refractivity contribution is 6.32. The van der Waals surface area contributed by atoms with Crippen LogP contribution in [0.3, 0.4) is 0 Å². The Bertz CT molecular complexity index is 728. The van der Waals surface area contributed by atoms with Crippen LogP contribution < -0.4 is 14.8 Å². The van der Waals surface area contributed by atoms with E-state index in [0.717, 1.165) is 31.7 Å². The van der Waals surface area contributed by atoms with Gasteiger partial charge in [-0.15, -0.1) is 0 Å². The van der Waals surface area contributed by atoms with Crippen molar-refractivity contribution in [2.24, 2.45) is 0 Å². The molecule has 0 bridgehead atoms. The van der Waals surface area contributed by atoms with Crippen molar-refractivity contribution in [3.05, 3.63) is 53.6 Å². The van der Waals surface area contributed by atoms with Crippen LogP contribution in [0.25, 0.3) is 0 Å². The van der Waals surface area contributed by atoms with Gasteiger partial charge < -0.3 is 19.7 Å². The molecular formula is C20H23ClN2O3. The molecule has 1 heterocycles. The van der Waals surface area contributed by atoms with E-state index in [1.165, 1.54) is 0 Å². The molecule has 1 fully saturated rings. The second kappa shape index (κ2) is 8.92. The van der Waals surface area contributed by atoms with E-state index in [1.807, 2.05) is 36.4 Å². The van der Waals surface area contributed by atoms with Gasteiger partial charge in [-0.05, 0) is 56.3 Å². The predicted molar refractivity (Wildman–Crippen MR) is 103 cm³/mol. The van der Waals surface area contributed by atoms with Crippen LogP contribution in [0.1, 0.15) is 12.8 Å². The second-order valence-corrected chi connectivity index (χ2v) is 6.82. The molecule has 0 spiro atoms. The van der Waals surface area contributed by atoms with Gasteiger partial charge in [0.15, 0.2) is 6.61 Å². The van der Waals surface area contributed by atoms with E-state index in [4.69, 9.17) is 21.1 Å². The number of para-hydroxylation sites is 1. The normalized spacial score (nSPS) is 15.5. The van der Waals surface area contributed by atoms with Crippen molar-refractivity contribution in [2.75, 3.05) is 32.1 Å². The summed E-state index contributed by atoms with van der Waals surface area (Å²) in [7, 11) is 2.13. The molecule has 6 heteroatoms. The van der Waals surface area contributed by atoms with Gasteiger partial charge in [-0.3, -0.25) is 4.79 Å². The maximum Gasteiger partial charge on any atom is 0.262 e. The standard InChI is InChI=1S/C20H23ClN2O3/c1-23-12-10-17(11-13-23)26-16-8-6-15(7-9-16)22-20(24)14-25-19-5-3-2-4-18(19)21/h2-9,17H,10-14H2,1H3,(H,22,24). The lowest BCUT2D eigenvalue weighted by Gasteiger charge is -2.29. The summed E-state index contributed by atoms with van der Waals surface area (Å²) in [6.45, 7) is 2.02. The average Bonchev–Trinajstić information content (AvgIpc) is 2.64. The van der Waals surface area contributed by atoms with Gasteiger partial charge in [0.2, 0.25) is 0 Å². The number of likely N-dealkylation sites (tertiary alicyclic amines) is 1. The zero-order valence-electron chi connectivity index (χ0n) is 14.8. The SMILES string of the molecule is CN1CCC(Oc2ccc(NC(=O)COc3ccccc3Cl)cc2)CC1. The maximum absolute atomic E-state index is 12.0. The van der Waals surface area contributed by atoms with Crippen LogP contribution in [0.4, 0.5) is 5.69 Å². The van der Waals surface area contributed by atoms with E-state index < -0.39 is 0 Å². The van der Waals surface area contributed by atoms with E-state index in [9.17, 15) is 4.79 Å². The molecule has 5 nitrogen and oxygen atoms in total. The van der Waals surface area contributed by atoms with Crippen molar-refractivity contribution in [3.63, 3.8) is 0 Å². The van der Waals surface area contributed by atoms with Crippen molar-refractivity contribution >= 4 is 23.2 Å². The topological polar surface area (TPSA) is 50.8 Å². The Labute approximate surface area is 158 Å².